The highest BCUT2D eigenvalue weighted by molar-refractivity contribution is 7.89. The second kappa shape index (κ2) is 6.67. The number of nitrogens with one attached hydrogen (secondary N) is 3. The molecule has 4 amide bonds. The van der Waals surface area contributed by atoms with Gasteiger partial charge in [0.1, 0.15) is 6.54 Å². The number of amides is 4. The lowest BCUT2D eigenvalue weighted by Gasteiger charge is -2.15. The van der Waals surface area contributed by atoms with Gasteiger partial charge in [-0.1, -0.05) is 12.1 Å². The van der Waals surface area contributed by atoms with Gasteiger partial charge in [0, 0.05) is 6.42 Å². The molecule has 1 heterocycles. The van der Waals surface area contributed by atoms with Crippen LogP contribution in [0.25, 0.3) is 0 Å². The summed E-state index contributed by atoms with van der Waals surface area (Å²) in [7, 11) is -3.71. The van der Waals surface area contributed by atoms with Crippen LogP contribution in [0.5, 0.6) is 0 Å². The van der Waals surface area contributed by atoms with Crippen molar-refractivity contribution < 1.29 is 27.8 Å². The molecule has 0 spiro atoms. The van der Waals surface area contributed by atoms with E-state index >= 15 is 0 Å². The normalized spacial score (nSPS) is 16.5. The molecule has 9 nitrogen and oxygen atoms in total. The summed E-state index contributed by atoms with van der Waals surface area (Å²) in [6.07, 6.45) is 1.84. The zero-order valence-electron chi connectivity index (χ0n) is 11.9. The summed E-state index contributed by atoms with van der Waals surface area (Å²) in [6, 6.07) is 5.23. The van der Waals surface area contributed by atoms with Gasteiger partial charge in [-0.05, 0) is 17.7 Å². The van der Waals surface area contributed by atoms with E-state index in [9.17, 15) is 22.8 Å². The second-order valence-corrected chi connectivity index (χ2v) is 6.41. The SMILES string of the molecule is NS(=O)(=O)c1ccc(CC[NH+]=CC2C(=O)NC(=O)NC2=O)cc1. The van der Waals surface area contributed by atoms with Gasteiger partial charge in [0.25, 0.3) is 11.8 Å². The molecule has 0 bridgehead atoms. The average molecular weight is 339 g/mol. The van der Waals surface area contributed by atoms with Crippen LogP contribution >= 0.6 is 0 Å². The van der Waals surface area contributed by atoms with E-state index < -0.39 is 33.8 Å². The van der Waals surface area contributed by atoms with Gasteiger partial charge >= 0.3 is 6.03 Å². The van der Waals surface area contributed by atoms with Crippen LogP contribution < -0.4 is 20.8 Å². The number of hydrogen-bond acceptors (Lipinski definition) is 5. The molecule has 2 rings (SSSR count). The van der Waals surface area contributed by atoms with E-state index in [1.165, 1.54) is 18.3 Å². The first-order valence-electron chi connectivity index (χ1n) is 6.61. The van der Waals surface area contributed by atoms with Crippen LogP contribution in [0.4, 0.5) is 4.79 Å². The largest absolute Gasteiger partial charge is 0.328 e. The number of imide groups is 2. The van der Waals surface area contributed by atoms with Gasteiger partial charge in [-0.3, -0.25) is 25.2 Å². The van der Waals surface area contributed by atoms with Crippen molar-refractivity contribution in [2.45, 2.75) is 11.3 Å². The van der Waals surface area contributed by atoms with Gasteiger partial charge in [0.2, 0.25) is 10.0 Å². The molecule has 122 valence electrons. The molecule has 0 atom stereocenters. The van der Waals surface area contributed by atoms with E-state index in [0.29, 0.717) is 13.0 Å². The third-order valence-corrected chi connectivity index (χ3v) is 4.06. The topological polar surface area (TPSA) is 149 Å². The molecule has 1 aromatic rings. The van der Waals surface area contributed by atoms with Gasteiger partial charge in [0.15, 0.2) is 12.1 Å². The van der Waals surface area contributed by atoms with Gasteiger partial charge in [0.05, 0.1) is 4.90 Å². The average Bonchev–Trinajstić information content (AvgIpc) is 2.45. The third kappa shape index (κ3) is 4.44. The minimum Gasteiger partial charge on any atom is -0.277 e. The molecule has 0 saturated carbocycles. The number of rotatable bonds is 5. The molecule has 5 N–H and O–H groups in total. The van der Waals surface area contributed by atoms with Gasteiger partial charge in [-0.25, -0.2) is 18.4 Å². The van der Waals surface area contributed by atoms with Crippen molar-refractivity contribution in [2.75, 3.05) is 6.54 Å². The summed E-state index contributed by atoms with van der Waals surface area (Å²) in [4.78, 5) is 36.7. The number of carbonyl (C=O) groups is 3. The number of carbonyl (C=O) groups excluding carboxylic acids is 3. The molecule has 1 saturated heterocycles. The van der Waals surface area contributed by atoms with Crippen LogP contribution in [0, 0.1) is 5.92 Å². The van der Waals surface area contributed by atoms with Crippen molar-refractivity contribution in [3.8, 4) is 0 Å². The Morgan fingerprint density at radius 1 is 1.09 bits per heavy atom. The van der Waals surface area contributed by atoms with Crippen molar-refractivity contribution in [1.82, 2.24) is 10.6 Å². The molecule has 0 aromatic heterocycles. The molecule has 1 aromatic carbocycles. The predicted octanol–water partition coefficient (Wildman–Crippen LogP) is -2.99. The summed E-state index contributed by atoms with van der Waals surface area (Å²) in [5.41, 5.74) is 0.853. The number of primary sulfonamides is 1. The molecule has 0 unspecified atom stereocenters. The summed E-state index contributed by atoms with van der Waals surface area (Å²) < 4.78 is 22.3. The molecule has 0 aliphatic carbocycles. The van der Waals surface area contributed by atoms with E-state index in [1.54, 1.807) is 12.1 Å². The zero-order chi connectivity index (χ0) is 17.0. The second-order valence-electron chi connectivity index (χ2n) is 4.85. The number of benzene rings is 1. The van der Waals surface area contributed by atoms with Gasteiger partial charge in [-0.15, -0.1) is 0 Å². The molecule has 1 aliphatic heterocycles. The number of sulfonamides is 1. The Morgan fingerprint density at radius 3 is 2.17 bits per heavy atom. The van der Waals surface area contributed by atoms with Crippen LogP contribution in [0.1, 0.15) is 5.56 Å². The van der Waals surface area contributed by atoms with E-state index in [1.807, 2.05) is 10.6 Å². The Bertz CT molecular complexity index is 750. The number of nitrogens with two attached hydrogens (primary N) is 1. The first-order chi connectivity index (χ1) is 10.8. The summed E-state index contributed by atoms with van der Waals surface area (Å²) in [5.74, 6) is -2.47. The fourth-order valence-corrected chi connectivity index (χ4v) is 2.46. The maximum absolute atomic E-state index is 11.5. The number of barbiturate groups is 1. The molecule has 1 aliphatic rings. The molecule has 0 radical (unpaired) electrons. The smallest absolute Gasteiger partial charge is 0.277 e. The standard InChI is InChI=1S/C13H14N4O5S/c14-23(21,22)9-3-1-8(2-4-9)5-6-15-7-10-11(18)16-13(20)17-12(10)19/h1-4,7,10H,5-6H2,(H2,14,21,22)(H2,16,17,18,19,20)/p+1. The fraction of sp³-hybridized carbons (Fsp3) is 0.231. The van der Waals surface area contributed by atoms with Crippen LogP contribution in [0.15, 0.2) is 29.2 Å². The van der Waals surface area contributed by atoms with Crippen molar-refractivity contribution in [3.05, 3.63) is 29.8 Å². The Kier molecular flexibility index (Phi) is 4.86. The first-order valence-corrected chi connectivity index (χ1v) is 8.16. The van der Waals surface area contributed by atoms with E-state index in [4.69, 9.17) is 5.14 Å². The quantitative estimate of drug-likeness (QED) is 0.333. The Labute approximate surface area is 132 Å². The lowest BCUT2D eigenvalue weighted by atomic mass is 10.1. The molecular formula is C13H15N4O5S+. The Hall–Kier alpha value is -2.59. The maximum atomic E-state index is 11.5. The van der Waals surface area contributed by atoms with Gasteiger partial charge < -0.3 is 0 Å². The van der Waals surface area contributed by atoms with Crippen LogP contribution in [0.2, 0.25) is 0 Å². The molecule has 1 fully saturated rings. The highest BCUT2D eigenvalue weighted by Gasteiger charge is 2.34. The highest BCUT2D eigenvalue weighted by Crippen LogP contribution is 2.08. The Balaban J connectivity index is 1.91. The molecule has 10 heteroatoms. The van der Waals surface area contributed by atoms with E-state index in [-0.39, 0.29) is 4.90 Å². The number of urea groups is 1. The maximum Gasteiger partial charge on any atom is 0.328 e. The summed E-state index contributed by atoms with van der Waals surface area (Å²) in [6.45, 7) is 0.416. The fourth-order valence-electron chi connectivity index (χ4n) is 1.94. The van der Waals surface area contributed by atoms with E-state index in [0.717, 1.165) is 5.56 Å². The Morgan fingerprint density at radius 2 is 1.65 bits per heavy atom. The molecule has 23 heavy (non-hydrogen) atoms. The van der Waals surface area contributed by atoms with Crippen LogP contribution in [-0.2, 0) is 26.0 Å². The lowest BCUT2D eigenvalue weighted by Crippen LogP contribution is -2.73. The lowest BCUT2D eigenvalue weighted by molar-refractivity contribution is -0.452. The minimum atomic E-state index is -3.71. The summed E-state index contributed by atoms with van der Waals surface area (Å²) in [5, 5.41) is 8.98. The molecular weight excluding hydrogens is 324 g/mol. The van der Waals surface area contributed by atoms with Crippen LogP contribution in [-0.4, -0.2) is 39.0 Å². The highest BCUT2D eigenvalue weighted by atomic mass is 32.2. The van der Waals surface area contributed by atoms with Crippen molar-refractivity contribution in [3.63, 3.8) is 0 Å². The summed E-state index contributed by atoms with van der Waals surface area (Å²) >= 11 is 0. The monoisotopic (exact) mass is 339 g/mol. The van der Waals surface area contributed by atoms with Crippen molar-refractivity contribution >= 4 is 34.1 Å². The van der Waals surface area contributed by atoms with E-state index in [2.05, 4.69) is 4.99 Å². The third-order valence-electron chi connectivity index (χ3n) is 3.13. The van der Waals surface area contributed by atoms with Crippen molar-refractivity contribution in [1.29, 1.82) is 0 Å². The number of hydrogen-bond donors (Lipinski definition) is 4. The van der Waals surface area contributed by atoms with Crippen molar-refractivity contribution in [2.24, 2.45) is 11.1 Å². The van der Waals surface area contributed by atoms with Crippen LogP contribution in [0.3, 0.4) is 0 Å². The predicted molar refractivity (Wildman–Crippen MR) is 78.6 cm³/mol. The first kappa shape index (κ1) is 16.8. The minimum absolute atomic E-state index is 0.0287. The van der Waals surface area contributed by atoms with Gasteiger partial charge in [-0.2, -0.15) is 0 Å². The zero-order valence-corrected chi connectivity index (χ0v) is 12.7.